The van der Waals surface area contributed by atoms with E-state index in [9.17, 15) is 10.1 Å². The predicted molar refractivity (Wildman–Crippen MR) is 120 cm³/mol. The summed E-state index contributed by atoms with van der Waals surface area (Å²) in [6.07, 6.45) is 0. The Hall–Kier alpha value is -4.11. The number of amides is 1. The summed E-state index contributed by atoms with van der Waals surface area (Å²) >= 11 is 0. The van der Waals surface area contributed by atoms with E-state index in [4.69, 9.17) is 9.47 Å². The Balaban J connectivity index is 1.94. The molecule has 0 radical (unpaired) electrons. The number of anilines is 1. The number of benzodiazepines with no additional fused rings is 1. The van der Waals surface area contributed by atoms with Gasteiger partial charge >= 0.3 is 0 Å². The number of benzene rings is 3. The number of carbonyl (C=O) groups excluding carboxylic acids is 1. The van der Waals surface area contributed by atoms with Crippen LogP contribution in [0.5, 0.6) is 11.5 Å². The molecule has 0 fully saturated rings. The second-order valence-electron chi connectivity index (χ2n) is 7.11. The van der Waals surface area contributed by atoms with Crippen molar-refractivity contribution >= 4 is 17.3 Å². The van der Waals surface area contributed by atoms with E-state index in [1.807, 2.05) is 48.5 Å². The smallest absolute Gasteiger partial charge is 0.248 e. The van der Waals surface area contributed by atoms with Crippen molar-refractivity contribution in [2.45, 2.75) is 0 Å². The van der Waals surface area contributed by atoms with Gasteiger partial charge in [0.15, 0.2) is 0 Å². The molecular weight excluding hydrogens is 390 g/mol. The minimum absolute atomic E-state index is 0.0368. The molecule has 1 aliphatic heterocycles. The van der Waals surface area contributed by atoms with Gasteiger partial charge < -0.3 is 14.4 Å². The number of hydrogen-bond donors (Lipinski definition) is 0. The first-order valence-corrected chi connectivity index (χ1v) is 9.74. The van der Waals surface area contributed by atoms with E-state index in [-0.39, 0.29) is 12.5 Å². The predicted octanol–water partition coefficient (Wildman–Crippen LogP) is 4.06. The Bertz CT molecular complexity index is 1240. The van der Waals surface area contributed by atoms with Crippen LogP contribution in [0.15, 0.2) is 65.7 Å². The molecule has 1 heterocycles. The molecule has 0 spiro atoms. The maximum atomic E-state index is 12.5. The Kier molecular flexibility index (Phi) is 5.42. The summed E-state index contributed by atoms with van der Waals surface area (Å²) in [6, 6.07) is 20.9. The molecular formula is C25H21N3O3. The number of hydrogen-bond acceptors (Lipinski definition) is 5. The number of ether oxygens (including phenoxy) is 2. The summed E-state index contributed by atoms with van der Waals surface area (Å²) in [5.41, 5.74) is 5.34. The fourth-order valence-corrected chi connectivity index (χ4v) is 3.68. The zero-order chi connectivity index (χ0) is 22.0. The van der Waals surface area contributed by atoms with E-state index in [0.717, 1.165) is 27.9 Å². The minimum atomic E-state index is -0.0978. The third-order valence-corrected chi connectivity index (χ3v) is 5.34. The summed E-state index contributed by atoms with van der Waals surface area (Å²) in [5, 5.41) is 9.32. The fourth-order valence-electron chi connectivity index (χ4n) is 3.68. The molecule has 0 saturated heterocycles. The summed E-state index contributed by atoms with van der Waals surface area (Å²) in [6.45, 7) is 0.0368. The minimum Gasteiger partial charge on any atom is -0.497 e. The first-order chi connectivity index (χ1) is 15.0. The highest BCUT2D eigenvalue weighted by Gasteiger charge is 2.24. The quantitative estimate of drug-likeness (QED) is 0.649. The number of nitriles is 1. The summed E-state index contributed by atoms with van der Waals surface area (Å²) < 4.78 is 11.0. The Morgan fingerprint density at radius 2 is 1.81 bits per heavy atom. The number of methoxy groups -OCH3 is 2. The molecule has 3 aromatic rings. The lowest BCUT2D eigenvalue weighted by Crippen LogP contribution is -2.27. The summed E-state index contributed by atoms with van der Waals surface area (Å²) in [7, 11) is 4.99. The molecule has 0 aromatic heterocycles. The van der Waals surface area contributed by atoms with Crippen LogP contribution in [0.2, 0.25) is 0 Å². The molecule has 0 atom stereocenters. The summed E-state index contributed by atoms with van der Waals surface area (Å²) in [4.78, 5) is 18.8. The van der Waals surface area contributed by atoms with E-state index in [1.54, 1.807) is 38.3 Å². The van der Waals surface area contributed by atoms with E-state index in [0.29, 0.717) is 22.8 Å². The van der Waals surface area contributed by atoms with E-state index < -0.39 is 0 Å². The molecule has 4 rings (SSSR count). The highest BCUT2D eigenvalue weighted by atomic mass is 16.5. The van der Waals surface area contributed by atoms with Gasteiger partial charge in [0.25, 0.3) is 0 Å². The van der Waals surface area contributed by atoms with Crippen LogP contribution in [0.3, 0.4) is 0 Å². The molecule has 3 aromatic carbocycles. The van der Waals surface area contributed by atoms with Crippen molar-refractivity contribution in [1.82, 2.24) is 0 Å². The first-order valence-electron chi connectivity index (χ1n) is 9.74. The van der Waals surface area contributed by atoms with Crippen molar-refractivity contribution in [3.63, 3.8) is 0 Å². The molecule has 1 aliphatic rings. The standard InChI is InChI=1S/C25H21N3O3/c1-28-22-9-7-17(20-13-19(30-2)8-10-23(20)31-3)12-21(22)25(27-15-24(28)29)18-6-4-5-16(11-18)14-26/h4-13H,15H2,1-3H3. The SMILES string of the molecule is COc1ccc(OC)c(-c2ccc3c(c2)C(c2cccc(C#N)c2)=NCC(=O)N3C)c1. The Morgan fingerprint density at radius 1 is 0.968 bits per heavy atom. The molecule has 0 saturated carbocycles. The highest BCUT2D eigenvalue weighted by molar-refractivity contribution is 6.20. The van der Waals surface area contributed by atoms with Crippen molar-refractivity contribution in [2.24, 2.45) is 4.99 Å². The molecule has 154 valence electrons. The molecule has 0 bridgehead atoms. The zero-order valence-electron chi connectivity index (χ0n) is 17.5. The Morgan fingerprint density at radius 3 is 2.55 bits per heavy atom. The average Bonchev–Trinajstić information content (AvgIpc) is 2.94. The molecule has 1 amide bonds. The van der Waals surface area contributed by atoms with Crippen LogP contribution in [0, 0.1) is 11.3 Å². The van der Waals surface area contributed by atoms with Crippen LogP contribution in [0.4, 0.5) is 5.69 Å². The maximum absolute atomic E-state index is 12.5. The number of nitrogens with zero attached hydrogens (tertiary/aromatic N) is 3. The van der Waals surface area contributed by atoms with Crippen LogP contribution < -0.4 is 14.4 Å². The van der Waals surface area contributed by atoms with Crippen molar-refractivity contribution in [3.8, 4) is 28.7 Å². The largest absolute Gasteiger partial charge is 0.497 e. The Labute approximate surface area is 181 Å². The fraction of sp³-hybridized carbons (Fsp3) is 0.160. The lowest BCUT2D eigenvalue weighted by Gasteiger charge is -2.20. The second kappa shape index (κ2) is 8.33. The van der Waals surface area contributed by atoms with Gasteiger partial charge in [0.1, 0.15) is 18.0 Å². The lowest BCUT2D eigenvalue weighted by atomic mass is 9.94. The van der Waals surface area contributed by atoms with Gasteiger partial charge in [-0.05, 0) is 48.0 Å². The van der Waals surface area contributed by atoms with Gasteiger partial charge in [-0.2, -0.15) is 5.26 Å². The highest BCUT2D eigenvalue weighted by Crippen LogP contribution is 2.37. The van der Waals surface area contributed by atoms with Crippen molar-refractivity contribution in [3.05, 3.63) is 77.4 Å². The molecule has 0 unspecified atom stereocenters. The van der Waals surface area contributed by atoms with Crippen LogP contribution in [0.1, 0.15) is 16.7 Å². The average molecular weight is 411 g/mol. The number of likely N-dealkylation sites (N-methyl/N-ethyl adjacent to an activating group) is 1. The van der Waals surface area contributed by atoms with E-state index in [1.165, 1.54) is 0 Å². The monoisotopic (exact) mass is 411 g/mol. The number of carbonyl (C=O) groups is 1. The van der Waals surface area contributed by atoms with Crippen molar-refractivity contribution < 1.29 is 14.3 Å². The second-order valence-corrected chi connectivity index (χ2v) is 7.11. The summed E-state index contributed by atoms with van der Waals surface area (Å²) in [5.74, 6) is 1.33. The molecule has 0 N–H and O–H groups in total. The van der Waals surface area contributed by atoms with Crippen molar-refractivity contribution in [2.75, 3.05) is 32.7 Å². The van der Waals surface area contributed by atoms with Gasteiger partial charge in [-0.1, -0.05) is 18.2 Å². The normalized spacial score (nSPS) is 13.0. The maximum Gasteiger partial charge on any atom is 0.248 e. The topological polar surface area (TPSA) is 74.9 Å². The van der Waals surface area contributed by atoms with Gasteiger partial charge in [-0.15, -0.1) is 0 Å². The third-order valence-electron chi connectivity index (χ3n) is 5.34. The van der Waals surface area contributed by atoms with Gasteiger partial charge in [0, 0.05) is 23.7 Å². The van der Waals surface area contributed by atoms with Crippen LogP contribution >= 0.6 is 0 Å². The number of fused-ring (bicyclic) bond motifs is 1. The molecule has 6 heteroatoms. The molecule has 31 heavy (non-hydrogen) atoms. The molecule has 6 nitrogen and oxygen atoms in total. The van der Waals surface area contributed by atoms with Crippen LogP contribution in [0.25, 0.3) is 11.1 Å². The third kappa shape index (κ3) is 3.74. The first kappa shape index (κ1) is 20.2. The van der Waals surface area contributed by atoms with Gasteiger partial charge in [-0.3, -0.25) is 9.79 Å². The van der Waals surface area contributed by atoms with Gasteiger partial charge in [0.2, 0.25) is 5.91 Å². The van der Waals surface area contributed by atoms with E-state index in [2.05, 4.69) is 11.1 Å². The lowest BCUT2D eigenvalue weighted by molar-refractivity contribution is -0.116. The number of rotatable bonds is 4. The van der Waals surface area contributed by atoms with Gasteiger partial charge in [-0.25, -0.2) is 0 Å². The number of aliphatic imine (C=N–C) groups is 1. The van der Waals surface area contributed by atoms with Crippen molar-refractivity contribution in [1.29, 1.82) is 5.26 Å². The van der Waals surface area contributed by atoms with Crippen LogP contribution in [-0.4, -0.2) is 39.4 Å². The molecule has 0 aliphatic carbocycles. The van der Waals surface area contributed by atoms with Gasteiger partial charge in [0.05, 0.1) is 37.3 Å². The van der Waals surface area contributed by atoms with Crippen LogP contribution in [-0.2, 0) is 4.79 Å². The van der Waals surface area contributed by atoms with E-state index >= 15 is 0 Å². The zero-order valence-corrected chi connectivity index (χ0v) is 17.5.